The summed E-state index contributed by atoms with van der Waals surface area (Å²) < 4.78 is 1.03. The van der Waals surface area contributed by atoms with Crippen molar-refractivity contribution in [3.63, 3.8) is 0 Å². The monoisotopic (exact) mass is 269 g/mol. The van der Waals surface area contributed by atoms with Gasteiger partial charge in [0.25, 0.3) is 0 Å². The van der Waals surface area contributed by atoms with Crippen LogP contribution in [0.3, 0.4) is 0 Å². The zero-order valence-electron chi connectivity index (χ0n) is 8.67. The molecule has 15 heavy (non-hydrogen) atoms. The van der Waals surface area contributed by atoms with Crippen LogP contribution in [0.15, 0.2) is 22.9 Å². The van der Waals surface area contributed by atoms with E-state index in [2.05, 4.69) is 31.5 Å². The first kappa shape index (κ1) is 10.9. The van der Waals surface area contributed by atoms with Crippen LogP contribution in [-0.4, -0.2) is 24.1 Å². The van der Waals surface area contributed by atoms with E-state index in [1.54, 1.807) is 6.20 Å². The van der Waals surface area contributed by atoms with Crippen LogP contribution >= 0.6 is 15.9 Å². The zero-order valence-corrected chi connectivity index (χ0v) is 10.3. The summed E-state index contributed by atoms with van der Waals surface area (Å²) >= 11 is 3.47. The second-order valence-electron chi connectivity index (χ2n) is 3.86. The number of hydrogen-bond donors (Lipinski definition) is 2. The second-order valence-corrected chi connectivity index (χ2v) is 4.72. The van der Waals surface area contributed by atoms with E-state index in [0.29, 0.717) is 6.04 Å². The number of halogens is 1. The van der Waals surface area contributed by atoms with Crippen LogP contribution in [-0.2, 0) is 0 Å². The highest BCUT2D eigenvalue weighted by atomic mass is 79.9. The highest BCUT2D eigenvalue weighted by molar-refractivity contribution is 9.10. The molecule has 0 amide bonds. The van der Waals surface area contributed by atoms with Gasteiger partial charge in [-0.15, -0.1) is 0 Å². The first-order valence-corrected chi connectivity index (χ1v) is 6.22. The normalized spacial score (nSPS) is 20.5. The molecule has 2 heterocycles. The molecule has 1 fully saturated rings. The largest absolute Gasteiger partial charge is 0.384 e. The molecular weight excluding hydrogens is 254 g/mol. The quantitative estimate of drug-likeness (QED) is 0.882. The maximum absolute atomic E-state index is 4.03. The number of anilines is 1. The smallest absolute Gasteiger partial charge is 0.0590 e. The van der Waals surface area contributed by atoms with Gasteiger partial charge in [0.15, 0.2) is 0 Å². The lowest BCUT2D eigenvalue weighted by Gasteiger charge is -2.12. The Hall–Kier alpha value is -0.610. The van der Waals surface area contributed by atoms with Crippen LogP contribution in [0.5, 0.6) is 0 Å². The van der Waals surface area contributed by atoms with E-state index >= 15 is 0 Å². The van der Waals surface area contributed by atoms with E-state index in [1.165, 1.54) is 25.8 Å². The molecule has 0 bridgehead atoms. The third-order valence-corrected chi connectivity index (χ3v) is 3.37. The molecule has 0 radical (unpaired) electrons. The first-order valence-electron chi connectivity index (χ1n) is 5.43. The van der Waals surface area contributed by atoms with E-state index < -0.39 is 0 Å². The van der Waals surface area contributed by atoms with E-state index in [0.717, 1.165) is 16.7 Å². The van der Waals surface area contributed by atoms with Crippen molar-refractivity contribution in [3.05, 3.63) is 22.9 Å². The molecule has 4 heteroatoms. The van der Waals surface area contributed by atoms with Crippen LogP contribution in [0.25, 0.3) is 0 Å². The summed E-state index contributed by atoms with van der Waals surface area (Å²) in [4.78, 5) is 4.03. The lowest BCUT2D eigenvalue weighted by Crippen LogP contribution is -2.24. The van der Waals surface area contributed by atoms with Gasteiger partial charge in [-0.2, -0.15) is 0 Å². The van der Waals surface area contributed by atoms with Gasteiger partial charge in [0.1, 0.15) is 0 Å². The zero-order chi connectivity index (χ0) is 10.5. The van der Waals surface area contributed by atoms with E-state index in [-0.39, 0.29) is 0 Å². The maximum Gasteiger partial charge on any atom is 0.0590 e. The predicted octanol–water partition coefficient (Wildman–Crippen LogP) is 2.40. The Balaban J connectivity index is 1.75. The number of rotatable bonds is 4. The number of pyridine rings is 1. The predicted molar refractivity (Wildman–Crippen MR) is 66.1 cm³/mol. The molecule has 1 atom stereocenters. The number of aromatic nitrogens is 1. The summed E-state index contributed by atoms with van der Waals surface area (Å²) in [7, 11) is 0. The van der Waals surface area contributed by atoms with Crippen molar-refractivity contribution in [2.75, 3.05) is 18.4 Å². The second kappa shape index (κ2) is 5.47. The molecule has 1 aromatic heterocycles. The van der Waals surface area contributed by atoms with Gasteiger partial charge < -0.3 is 10.6 Å². The van der Waals surface area contributed by atoms with Crippen LogP contribution in [0.1, 0.15) is 19.3 Å². The van der Waals surface area contributed by atoms with Gasteiger partial charge in [-0.25, -0.2) is 0 Å². The lowest BCUT2D eigenvalue weighted by molar-refractivity contribution is 0.574. The summed E-state index contributed by atoms with van der Waals surface area (Å²) in [5, 5.41) is 6.91. The Morgan fingerprint density at radius 2 is 2.53 bits per heavy atom. The van der Waals surface area contributed by atoms with Gasteiger partial charge in [0, 0.05) is 25.0 Å². The van der Waals surface area contributed by atoms with Crippen LogP contribution in [0.2, 0.25) is 0 Å². The Morgan fingerprint density at radius 3 is 3.27 bits per heavy atom. The van der Waals surface area contributed by atoms with Crippen molar-refractivity contribution in [2.45, 2.75) is 25.3 Å². The average Bonchev–Trinajstić information content (AvgIpc) is 2.74. The molecule has 1 aliphatic heterocycles. The Morgan fingerprint density at radius 1 is 1.60 bits per heavy atom. The third kappa shape index (κ3) is 3.18. The highest BCUT2D eigenvalue weighted by Gasteiger charge is 2.12. The van der Waals surface area contributed by atoms with Gasteiger partial charge in [-0.05, 0) is 47.8 Å². The summed E-state index contributed by atoms with van der Waals surface area (Å²) in [6.45, 7) is 2.20. The van der Waals surface area contributed by atoms with Gasteiger partial charge in [-0.1, -0.05) is 0 Å². The number of nitrogens with one attached hydrogen (secondary N) is 2. The molecular formula is C11H16BrN3. The molecule has 0 spiro atoms. The molecule has 0 unspecified atom stereocenters. The topological polar surface area (TPSA) is 37.0 Å². The minimum Gasteiger partial charge on any atom is -0.384 e. The molecule has 2 N–H and O–H groups in total. The standard InChI is InChI=1S/C11H16BrN3/c12-10-8-13-6-4-11(10)15-7-3-9-2-1-5-14-9/h4,6,8-9,14H,1-3,5,7H2,(H,13,15)/t9-/m1/s1. The van der Waals surface area contributed by atoms with E-state index in [4.69, 9.17) is 0 Å². The van der Waals surface area contributed by atoms with E-state index in [9.17, 15) is 0 Å². The minimum atomic E-state index is 0.707. The SMILES string of the molecule is Brc1cnccc1NCC[C@H]1CCCN1. The Kier molecular flexibility index (Phi) is 3.97. The summed E-state index contributed by atoms with van der Waals surface area (Å²) in [6, 6.07) is 2.70. The molecule has 0 aromatic carbocycles. The van der Waals surface area contributed by atoms with Crippen LogP contribution in [0.4, 0.5) is 5.69 Å². The Labute approximate surface area is 98.8 Å². The van der Waals surface area contributed by atoms with Gasteiger partial charge >= 0.3 is 0 Å². The lowest BCUT2D eigenvalue weighted by atomic mass is 10.1. The van der Waals surface area contributed by atoms with Crippen LogP contribution < -0.4 is 10.6 Å². The maximum atomic E-state index is 4.03. The molecule has 1 aliphatic rings. The van der Waals surface area contributed by atoms with Gasteiger partial charge in [0.05, 0.1) is 10.2 Å². The third-order valence-electron chi connectivity index (χ3n) is 2.74. The number of hydrogen-bond acceptors (Lipinski definition) is 3. The van der Waals surface area contributed by atoms with Crippen LogP contribution in [0, 0.1) is 0 Å². The Bertz CT molecular complexity index is 310. The summed E-state index contributed by atoms with van der Waals surface area (Å²) in [5.41, 5.74) is 1.13. The van der Waals surface area contributed by atoms with Crippen molar-refractivity contribution in [2.24, 2.45) is 0 Å². The fourth-order valence-electron chi connectivity index (χ4n) is 1.90. The minimum absolute atomic E-state index is 0.707. The van der Waals surface area contributed by atoms with Crippen molar-refractivity contribution in [1.29, 1.82) is 0 Å². The molecule has 1 saturated heterocycles. The fourth-order valence-corrected chi connectivity index (χ4v) is 2.29. The molecule has 0 aliphatic carbocycles. The molecule has 3 nitrogen and oxygen atoms in total. The molecule has 2 rings (SSSR count). The van der Waals surface area contributed by atoms with Gasteiger partial charge in [-0.3, -0.25) is 4.98 Å². The number of nitrogens with zero attached hydrogens (tertiary/aromatic N) is 1. The van der Waals surface area contributed by atoms with Crippen molar-refractivity contribution in [1.82, 2.24) is 10.3 Å². The van der Waals surface area contributed by atoms with Gasteiger partial charge in [0.2, 0.25) is 0 Å². The van der Waals surface area contributed by atoms with E-state index in [1.807, 2.05) is 12.3 Å². The molecule has 0 saturated carbocycles. The summed E-state index contributed by atoms with van der Waals surface area (Å²) in [6.07, 6.45) is 7.45. The van der Waals surface area contributed by atoms with Crippen molar-refractivity contribution in [3.8, 4) is 0 Å². The van der Waals surface area contributed by atoms with Crippen molar-refractivity contribution >= 4 is 21.6 Å². The summed E-state index contributed by atoms with van der Waals surface area (Å²) in [5.74, 6) is 0. The molecule has 82 valence electrons. The van der Waals surface area contributed by atoms with Crippen molar-refractivity contribution < 1.29 is 0 Å². The average molecular weight is 270 g/mol. The fraction of sp³-hybridized carbons (Fsp3) is 0.545. The highest BCUT2D eigenvalue weighted by Crippen LogP contribution is 2.20. The first-order chi connectivity index (χ1) is 7.36. The molecule has 1 aromatic rings.